The molecule has 0 aliphatic carbocycles. The lowest BCUT2D eigenvalue weighted by atomic mass is 10.1. The maximum atomic E-state index is 12.6. The lowest BCUT2D eigenvalue weighted by Crippen LogP contribution is -2.50. The number of alkyl halides is 3. The zero-order valence-electron chi connectivity index (χ0n) is 14.9. The molecule has 0 saturated carbocycles. The molecular weight excluding hydrogens is 393 g/mol. The Balaban J connectivity index is 1.61. The Morgan fingerprint density at radius 2 is 1.46 bits per heavy atom. The highest BCUT2D eigenvalue weighted by Gasteiger charge is 2.32. The maximum Gasteiger partial charge on any atom is 0.416 e. The van der Waals surface area contributed by atoms with Crippen molar-refractivity contribution < 1.29 is 26.4 Å². The normalized spacial score (nSPS) is 16.2. The van der Waals surface area contributed by atoms with Crippen molar-refractivity contribution in [3.63, 3.8) is 0 Å². The molecule has 5 nitrogen and oxygen atoms in total. The van der Waals surface area contributed by atoms with Crippen molar-refractivity contribution in [1.29, 1.82) is 0 Å². The third-order valence-corrected chi connectivity index (χ3v) is 6.42. The van der Waals surface area contributed by atoms with Crippen LogP contribution < -0.4 is 0 Å². The molecule has 1 aliphatic rings. The average Bonchev–Trinajstić information content (AvgIpc) is 2.67. The highest BCUT2D eigenvalue weighted by molar-refractivity contribution is 7.88. The summed E-state index contributed by atoms with van der Waals surface area (Å²) in [5.41, 5.74) is 0.0141. The Bertz CT molecular complexity index is 921. The second kappa shape index (κ2) is 7.92. The van der Waals surface area contributed by atoms with Gasteiger partial charge in [-0.2, -0.15) is 17.5 Å². The summed E-state index contributed by atoms with van der Waals surface area (Å²) in [7, 11) is -3.50. The van der Waals surface area contributed by atoms with Gasteiger partial charge in [-0.05, 0) is 29.8 Å². The van der Waals surface area contributed by atoms with Gasteiger partial charge in [0, 0.05) is 31.7 Å². The standard InChI is InChI=1S/C19H19F3N2O3S/c20-19(21,22)17-8-6-16(7-9-17)18(25)23-10-12-24(13-11-23)28(26,27)14-15-4-2-1-3-5-15/h1-9H,10-14H2. The molecule has 1 aliphatic heterocycles. The summed E-state index contributed by atoms with van der Waals surface area (Å²) in [4.78, 5) is 13.9. The lowest BCUT2D eigenvalue weighted by molar-refractivity contribution is -0.137. The fourth-order valence-corrected chi connectivity index (χ4v) is 4.55. The van der Waals surface area contributed by atoms with Crippen LogP contribution in [0.1, 0.15) is 21.5 Å². The van der Waals surface area contributed by atoms with Crippen molar-refractivity contribution in [2.75, 3.05) is 26.2 Å². The van der Waals surface area contributed by atoms with Gasteiger partial charge in [-0.1, -0.05) is 30.3 Å². The summed E-state index contributed by atoms with van der Waals surface area (Å²) >= 11 is 0. The van der Waals surface area contributed by atoms with E-state index in [1.165, 1.54) is 9.21 Å². The fraction of sp³-hybridized carbons (Fsp3) is 0.316. The van der Waals surface area contributed by atoms with Gasteiger partial charge in [-0.3, -0.25) is 4.79 Å². The molecule has 0 bridgehead atoms. The van der Waals surface area contributed by atoms with Crippen molar-refractivity contribution in [2.24, 2.45) is 0 Å². The van der Waals surface area contributed by atoms with E-state index in [-0.39, 0.29) is 37.5 Å². The zero-order valence-corrected chi connectivity index (χ0v) is 15.7. The van der Waals surface area contributed by atoms with E-state index in [4.69, 9.17) is 0 Å². The van der Waals surface area contributed by atoms with Crippen LogP contribution in [-0.4, -0.2) is 49.7 Å². The molecule has 28 heavy (non-hydrogen) atoms. The van der Waals surface area contributed by atoms with Crippen LogP contribution in [0.5, 0.6) is 0 Å². The SMILES string of the molecule is O=C(c1ccc(C(F)(F)F)cc1)N1CCN(S(=O)(=O)Cc2ccccc2)CC1. The van der Waals surface area contributed by atoms with Gasteiger partial charge in [0.1, 0.15) is 0 Å². The first-order chi connectivity index (χ1) is 13.2. The molecule has 0 aromatic heterocycles. The summed E-state index contributed by atoms with van der Waals surface area (Å²) < 4.78 is 64.3. The van der Waals surface area contributed by atoms with Crippen LogP contribution in [0.15, 0.2) is 54.6 Å². The first kappa shape index (κ1) is 20.3. The van der Waals surface area contributed by atoms with Crippen molar-refractivity contribution >= 4 is 15.9 Å². The first-order valence-corrected chi connectivity index (χ1v) is 10.3. The molecule has 0 unspecified atom stereocenters. The van der Waals surface area contributed by atoms with Crippen LogP contribution in [0.4, 0.5) is 13.2 Å². The Kier molecular flexibility index (Phi) is 5.76. The van der Waals surface area contributed by atoms with E-state index in [0.717, 1.165) is 24.3 Å². The molecule has 2 aromatic carbocycles. The van der Waals surface area contributed by atoms with Gasteiger partial charge < -0.3 is 4.90 Å². The van der Waals surface area contributed by atoms with Crippen molar-refractivity contribution in [1.82, 2.24) is 9.21 Å². The molecular formula is C19H19F3N2O3S. The van der Waals surface area contributed by atoms with Crippen LogP contribution in [0.2, 0.25) is 0 Å². The van der Waals surface area contributed by atoms with Crippen LogP contribution in [0.25, 0.3) is 0 Å². The second-order valence-corrected chi connectivity index (χ2v) is 8.48. The number of sulfonamides is 1. The van der Waals surface area contributed by atoms with Crippen molar-refractivity contribution in [2.45, 2.75) is 11.9 Å². The number of carbonyl (C=O) groups is 1. The number of amides is 1. The molecule has 3 rings (SSSR count). The number of benzene rings is 2. The van der Waals surface area contributed by atoms with Gasteiger partial charge in [0.25, 0.3) is 5.91 Å². The van der Waals surface area contributed by atoms with E-state index >= 15 is 0 Å². The molecule has 0 spiro atoms. The molecule has 0 atom stereocenters. The number of hydrogen-bond donors (Lipinski definition) is 0. The van der Waals surface area contributed by atoms with Gasteiger partial charge in [0.05, 0.1) is 11.3 Å². The fourth-order valence-electron chi connectivity index (χ4n) is 3.03. The minimum Gasteiger partial charge on any atom is -0.336 e. The third kappa shape index (κ3) is 4.71. The number of hydrogen-bond acceptors (Lipinski definition) is 3. The minimum absolute atomic E-state index is 0.110. The van der Waals surface area contributed by atoms with Crippen LogP contribution in [0, 0.1) is 0 Å². The molecule has 1 amide bonds. The maximum absolute atomic E-state index is 12.6. The predicted molar refractivity (Wildman–Crippen MR) is 98.0 cm³/mol. The van der Waals surface area contributed by atoms with E-state index in [2.05, 4.69) is 0 Å². The van der Waals surface area contributed by atoms with Crippen molar-refractivity contribution in [3.05, 3.63) is 71.3 Å². The molecule has 2 aromatic rings. The van der Waals surface area contributed by atoms with Gasteiger partial charge in [-0.25, -0.2) is 8.42 Å². The largest absolute Gasteiger partial charge is 0.416 e. The molecule has 150 valence electrons. The topological polar surface area (TPSA) is 57.7 Å². The minimum atomic E-state index is -4.46. The lowest BCUT2D eigenvalue weighted by Gasteiger charge is -2.34. The summed E-state index contributed by atoms with van der Waals surface area (Å²) in [6, 6.07) is 12.8. The van der Waals surface area contributed by atoms with Gasteiger partial charge in [-0.15, -0.1) is 0 Å². The summed E-state index contributed by atoms with van der Waals surface area (Å²) in [6.45, 7) is 0.685. The molecule has 9 heteroatoms. The zero-order chi connectivity index (χ0) is 20.4. The molecule has 1 saturated heterocycles. The Morgan fingerprint density at radius 3 is 2.00 bits per heavy atom. The molecule has 1 fully saturated rings. The van der Waals surface area contributed by atoms with Crippen LogP contribution >= 0.6 is 0 Å². The van der Waals surface area contributed by atoms with Crippen LogP contribution in [0.3, 0.4) is 0 Å². The summed E-state index contributed by atoms with van der Waals surface area (Å²) in [5, 5.41) is 0. The smallest absolute Gasteiger partial charge is 0.336 e. The number of halogens is 3. The summed E-state index contributed by atoms with van der Waals surface area (Å²) in [6.07, 6.45) is -4.46. The monoisotopic (exact) mass is 412 g/mol. The highest BCUT2D eigenvalue weighted by Crippen LogP contribution is 2.29. The third-order valence-electron chi connectivity index (χ3n) is 4.57. The predicted octanol–water partition coefficient (Wildman–Crippen LogP) is 2.99. The molecule has 0 N–H and O–H groups in total. The van der Waals surface area contributed by atoms with E-state index in [1.54, 1.807) is 24.3 Å². The van der Waals surface area contributed by atoms with E-state index in [9.17, 15) is 26.4 Å². The number of piperazine rings is 1. The van der Waals surface area contributed by atoms with Gasteiger partial charge in [0.15, 0.2) is 0 Å². The Labute approximate surface area is 161 Å². The quantitative estimate of drug-likeness (QED) is 0.776. The molecule has 1 heterocycles. The van der Waals surface area contributed by atoms with Crippen molar-refractivity contribution in [3.8, 4) is 0 Å². The second-order valence-electron chi connectivity index (χ2n) is 6.51. The van der Waals surface area contributed by atoms with Gasteiger partial charge in [0.2, 0.25) is 10.0 Å². The Morgan fingerprint density at radius 1 is 0.893 bits per heavy atom. The van der Waals surface area contributed by atoms with Crippen LogP contribution in [-0.2, 0) is 22.0 Å². The highest BCUT2D eigenvalue weighted by atomic mass is 32.2. The number of rotatable bonds is 4. The van der Waals surface area contributed by atoms with E-state index in [0.29, 0.717) is 5.56 Å². The molecule has 0 radical (unpaired) electrons. The van der Waals surface area contributed by atoms with E-state index < -0.39 is 27.7 Å². The number of carbonyl (C=O) groups excluding carboxylic acids is 1. The van der Waals surface area contributed by atoms with E-state index in [1.807, 2.05) is 6.07 Å². The Hall–Kier alpha value is -2.39. The first-order valence-electron chi connectivity index (χ1n) is 8.65. The van der Waals surface area contributed by atoms with Gasteiger partial charge >= 0.3 is 6.18 Å². The summed E-state index contributed by atoms with van der Waals surface area (Å²) in [5.74, 6) is -0.519. The number of nitrogens with zero attached hydrogens (tertiary/aromatic N) is 2. The average molecular weight is 412 g/mol.